The molecule has 1 heteroatoms. The van der Waals surface area contributed by atoms with Gasteiger partial charge in [-0.2, -0.15) is 0 Å². The Hall–Kier alpha value is -6.31. The fraction of sp³-hybridized carbons (Fsp3) is 0.0208. The van der Waals surface area contributed by atoms with Gasteiger partial charge >= 0.3 is 0 Å². The van der Waals surface area contributed by atoms with Crippen molar-refractivity contribution in [2.75, 3.05) is 0 Å². The van der Waals surface area contributed by atoms with E-state index in [-0.39, 0.29) is 0 Å². The van der Waals surface area contributed by atoms with E-state index in [0.717, 1.165) is 22.4 Å². The summed E-state index contributed by atoms with van der Waals surface area (Å²) in [5, 5.41) is 7.55. The number of hydrogen-bond donors (Lipinski definition) is 0. The Bertz CT molecular complexity index is 2580. The molecule has 0 aliphatic heterocycles. The first-order valence-corrected chi connectivity index (χ1v) is 16.9. The number of benzene rings is 8. The zero-order valence-corrected chi connectivity index (χ0v) is 27.3. The molecular weight excluding hydrogens is 591 g/mol. The minimum atomic E-state index is 0.997. The van der Waals surface area contributed by atoms with Crippen LogP contribution in [0.1, 0.15) is 5.56 Å². The maximum Gasteiger partial charge on any atom is 0.0780 e. The van der Waals surface area contributed by atoms with E-state index in [2.05, 4.69) is 171 Å². The highest BCUT2D eigenvalue weighted by Crippen LogP contribution is 2.46. The molecule has 0 spiro atoms. The normalized spacial score (nSPS) is 11.4. The van der Waals surface area contributed by atoms with Crippen molar-refractivity contribution >= 4 is 32.3 Å². The minimum absolute atomic E-state index is 0.997. The third-order valence-corrected chi connectivity index (χ3v) is 9.82. The van der Waals surface area contributed by atoms with E-state index >= 15 is 0 Å². The Morgan fingerprint density at radius 3 is 1.43 bits per heavy atom. The van der Waals surface area contributed by atoms with Gasteiger partial charge in [-0.05, 0) is 84.3 Å². The van der Waals surface area contributed by atoms with E-state index in [0.29, 0.717) is 0 Å². The highest BCUT2D eigenvalue weighted by atomic mass is 14.7. The van der Waals surface area contributed by atoms with E-state index in [4.69, 9.17) is 4.98 Å². The predicted octanol–water partition coefficient (Wildman–Crippen LogP) is 13.2. The zero-order chi connectivity index (χ0) is 32.7. The molecule has 9 rings (SSSR count). The molecule has 0 saturated heterocycles. The molecule has 0 fully saturated rings. The van der Waals surface area contributed by atoms with Crippen LogP contribution < -0.4 is 0 Å². The highest BCUT2D eigenvalue weighted by molar-refractivity contribution is 6.24. The van der Waals surface area contributed by atoms with Crippen molar-refractivity contribution in [1.82, 2.24) is 4.98 Å². The largest absolute Gasteiger partial charge is 0.256 e. The molecule has 1 heterocycles. The van der Waals surface area contributed by atoms with Crippen molar-refractivity contribution in [3.8, 4) is 55.8 Å². The molecule has 0 aliphatic carbocycles. The molecule has 0 saturated carbocycles. The summed E-state index contributed by atoms with van der Waals surface area (Å²) in [4.78, 5) is 4.77. The van der Waals surface area contributed by atoms with Crippen LogP contribution in [0.15, 0.2) is 182 Å². The number of hydrogen-bond acceptors (Lipinski definition) is 1. The van der Waals surface area contributed by atoms with Crippen LogP contribution in [0.25, 0.3) is 88.1 Å². The standard InChI is InChI=1S/C48H33N/c1-32-23-25-33(26-24-32)37-18-9-20-40-39(37)19-10-21-41(40)47-44-16-7-5-14-42(44)46(43-15-6-8-17-45(43)47)35-29-27-34(28-30-35)38-22-11-31-49-48(38)36-12-3-2-4-13-36/h2-31H,1H3. The molecule has 1 nitrogen and oxygen atoms in total. The number of rotatable bonds is 5. The first-order chi connectivity index (χ1) is 24.2. The second-order valence-corrected chi connectivity index (χ2v) is 12.8. The van der Waals surface area contributed by atoms with Gasteiger partial charge in [0.05, 0.1) is 5.69 Å². The highest BCUT2D eigenvalue weighted by Gasteiger charge is 2.19. The summed E-state index contributed by atoms with van der Waals surface area (Å²) < 4.78 is 0. The fourth-order valence-corrected chi connectivity index (χ4v) is 7.52. The lowest BCUT2D eigenvalue weighted by Gasteiger charge is -2.19. The van der Waals surface area contributed by atoms with E-state index in [1.807, 2.05) is 18.3 Å². The minimum Gasteiger partial charge on any atom is -0.256 e. The molecule has 0 radical (unpaired) electrons. The third kappa shape index (κ3) is 4.99. The van der Waals surface area contributed by atoms with Gasteiger partial charge in [0.2, 0.25) is 0 Å². The number of nitrogens with zero attached hydrogens (tertiary/aromatic N) is 1. The Morgan fingerprint density at radius 1 is 0.306 bits per heavy atom. The molecule has 9 aromatic rings. The van der Waals surface area contributed by atoms with E-state index in [9.17, 15) is 0 Å². The lowest BCUT2D eigenvalue weighted by atomic mass is 9.84. The summed E-state index contributed by atoms with van der Waals surface area (Å²) in [5.41, 5.74) is 13.2. The van der Waals surface area contributed by atoms with Crippen molar-refractivity contribution in [3.05, 3.63) is 188 Å². The first kappa shape index (κ1) is 28.9. The Kier molecular flexibility index (Phi) is 7.10. The molecule has 0 bridgehead atoms. The Balaban J connectivity index is 1.24. The maximum absolute atomic E-state index is 4.77. The van der Waals surface area contributed by atoms with Crippen molar-refractivity contribution in [2.45, 2.75) is 6.92 Å². The lowest BCUT2D eigenvalue weighted by molar-refractivity contribution is 1.32. The molecule has 49 heavy (non-hydrogen) atoms. The topological polar surface area (TPSA) is 12.9 Å². The molecule has 0 unspecified atom stereocenters. The average Bonchev–Trinajstić information content (AvgIpc) is 3.17. The third-order valence-electron chi connectivity index (χ3n) is 9.82. The Labute approximate surface area is 286 Å². The average molecular weight is 624 g/mol. The van der Waals surface area contributed by atoms with Crippen LogP contribution in [-0.2, 0) is 0 Å². The summed E-state index contributed by atoms with van der Waals surface area (Å²) in [7, 11) is 0. The second kappa shape index (κ2) is 12.0. The van der Waals surface area contributed by atoms with Gasteiger partial charge in [0.25, 0.3) is 0 Å². The summed E-state index contributed by atoms with van der Waals surface area (Å²) in [5.74, 6) is 0. The summed E-state index contributed by atoms with van der Waals surface area (Å²) >= 11 is 0. The number of aromatic nitrogens is 1. The monoisotopic (exact) mass is 623 g/mol. The van der Waals surface area contributed by atoms with Gasteiger partial charge in [0, 0.05) is 17.3 Å². The summed E-state index contributed by atoms with van der Waals surface area (Å²) in [6.07, 6.45) is 1.87. The van der Waals surface area contributed by atoms with Gasteiger partial charge in [-0.15, -0.1) is 0 Å². The quantitative estimate of drug-likeness (QED) is 0.174. The number of pyridine rings is 1. The van der Waals surface area contributed by atoms with Crippen LogP contribution in [0.5, 0.6) is 0 Å². The van der Waals surface area contributed by atoms with E-state index < -0.39 is 0 Å². The molecular formula is C48H33N. The predicted molar refractivity (Wildman–Crippen MR) is 209 cm³/mol. The van der Waals surface area contributed by atoms with Gasteiger partial charge in [0.15, 0.2) is 0 Å². The summed E-state index contributed by atoms with van der Waals surface area (Å²) in [6, 6.07) is 63.8. The van der Waals surface area contributed by atoms with Gasteiger partial charge < -0.3 is 0 Å². The van der Waals surface area contributed by atoms with Gasteiger partial charge in [-0.25, -0.2) is 0 Å². The van der Waals surface area contributed by atoms with Crippen LogP contribution in [-0.4, -0.2) is 4.98 Å². The smallest absolute Gasteiger partial charge is 0.0780 e. The van der Waals surface area contributed by atoms with Crippen LogP contribution >= 0.6 is 0 Å². The molecule has 230 valence electrons. The van der Waals surface area contributed by atoms with Crippen molar-refractivity contribution in [1.29, 1.82) is 0 Å². The molecule has 0 amide bonds. The maximum atomic E-state index is 4.77. The lowest BCUT2D eigenvalue weighted by Crippen LogP contribution is -1.92. The first-order valence-electron chi connectivity index (χ1n) is 16.9. The Morgan fingerprint density at radius 2 is 0.776 bits per heavy atom. The van der Waals surface area contributed by atoms with Crippen molar-refractivity contribution in [2.24, 2.45) is 0 Å². The molecule has 1 aromatic heterocycles. The van der Waals surface area contributed by atoms with Crippen molar-refractivity contribution < 1.29 is 0 Å². The van der Waals surface area contributed by atoms with Crippen LogP contribution in [0.2, 0.25) is 0 Å². The van der Waals surface area contributed by atoms with Gasteiger partial charge in [-0.1, -0.05) is 175 Å². The molecule has 0 N–H and O–H groups in total. The number of aryl methyl sites for hydroxylation is 1. The number of fused-ring (bicyclic) bond motifs is 3. The van der Waals surface area contributed by atoms with E-state index in [1.54, 1.807) is 0 Å². The van der Waals surface area contributed by atoms with Gasteiger partial charge in [-0.3, -0.25) is 4.98 Å². The zero-order valence-electron chi connectivity index (χ0n) is 27.3. The van der Waals surface area contributed by atoms with E-state index in [1.165, 1.54) is 71.3 Å². The van der Waals surface area contributed by atoms with Crippen LogP contribution in [0.3, 0.4) is 0 Å². The molecule has 0 aliphatic rings. The van der Waals surface area contributed by atoms with Crippen molar-refractivity contribution in [3.63, 3.8) is 0 Å². The SMILES string of the molecule is Cc1ccc(-c2cccc3c(-c4c5ccccc5c(-c5ccc(-c6cccnc6-c6ccccc6)cc5)c5ccccc45)cccc23)cc1. The second-order valence-electron chi connectivity index (χ2n) is 12.8. The van der Waals surface area contributed by atoms with Gasteiger partial charge in [0.1, 0.15) is 0 Å². The van der Waals surface area contributed by atoms with Crippen LogP contribution in [0, 0.1) is 6.92 Å². The fourth-order valence-electron chi connectivity index (χ4n) is 7.52. The summed E-state index contributed by atoms with van der Waals surface area (Å²) in [6.45, 7) is 2.14. The molecule has 0 atom stereocenters. The molecule has 8 aromatic carbocycles. The van der Waals surface area contributed by atoms with Crippen LogP contribution in [0.4, 0.5) is 0 Å².